The minimum Gasteiger partial charge on any atom is -0.495 e. The van der Waals surface area contributed by atoms with Crippen molar-refractivity contribution >= 4 is 62.3 Å². The summed E-state index contributed by atoms with van der Waals surface area (Å²) in [6, 6.07) is 25.3. The second-order valence-electron chi connectivity index (χ2n) is 10.00. The number of sulfonamides is 1. The number of benzene rings is 4. The molecule has 236 valence electrons. The highest BCUT2D eigenvalue weighted by molar-refractivity contribution is 7.92. The van der Waals surface area contributed by atoms with Crippen LogP contribution in [0.3, 0.4) is 0 Å². The first-order valence-corrected chi connectivity index (χ1v) is 16.6. The molecule has 12 heteroatoms. The van der Waals surface area contributed by atoms with Gasteiger partial charge >= 0.3 is 0 Å². The molecule has 0 fully saturated rings. The number of halogens is 3. The lowest BCUT2D eigenvalue weighted by Crippen LogP contribution is -2.53. The largest absolute Gasteiger partial charge is 0.495 e. The average molecular weight is 689 g/mol. The van der Waals surface area contributed by atoms with Gasteiger partial charge in [0.2, 0.25) is 11.8 Å². The number of rotatable bonds is 13. The van der Waals surface area contributed by atoms with Gasteiger partial charge in [-0.05, 0) is 60.5 Å². The number of hydrogen-bond donors (Lipinski definition) is 1. The summed E-state index contributed by atoms with van der Waals surface area (Å²) >= 11 is 19.0. The number of carbonyl (C=O) groups is 2. The SMILES string of the molecule is CCNC(=O)[C@@H](Cc1ccccc1)N(Cc1ccc(Cl)cc1Cl)C(=O)CN(c1cc(Cl)ccc1OC)S(=O)(=O)c1ccccc1. The summed E-state index contributed by atoms with van der Waals surface area (Å²) in [6.45, 7) is 1.32. The Morgan fingerprint density at radius 2 is 1.49 bits per heavy atom. The van der Waals surface area contributed by atoms with Crippen molar-refractivity contribution in [3.8, 4) is 5.75 Å². The minimum atomic E-state index is -4.33. The highest BCUT2D eigenvalue weighted by Crippen LogP contribution is 2.35. The fraction of sp³-hybridized carbons (Fsp3) is 0.212. The normalized spacial score (nSPS) is 11.8. The van der Waals surface area contributed by atoms with Crippen LogP contribution in [-0.4, -0.2) is 51.4 Å². The summed E-state index contributed by atoms with van der Waals surface area (Å²) in [5.41, 5.74) is 1.39. The molecule has 4 aromatic rings. The lowest BCUT2D eigenvalue weighted by Gasteiger charge is -2.34. The number of methoxy groups -OCH3 is 1. The van der Waals surface area contributed by atoms with E-state index in [1.165, 1.54) is 36.3 Å². The molecule has 0 saturated heterocycles. The molecular weight excluding hydrogens is 657 g/mol. The van der Waals surface area contributed by atoms with Gasteiger partial charge in [0.1, 0.15) is 18.3 Å². The van der Waals surface area contributed by atoms with Crippen LogP contribution < -0.4 is 14.4 Å². The molecule has 0 bridgehead atoms. The van der Waals surface area contributed by atoms with Gasteiger partial charge in [0.15, 0.2) is 0 Å². The Hall–Kier alpha value is -3.76. The number of nitrogens with one attached hydrogen (secondary N) is 1. The summed E-state index contributed by atoms with van der Waals surface area (Å²) < 4.78 is 34.8. The van der Waals surface area contributed by atoms with Crippen molar-refractivity contribution in [1.82, 2.24) is 10.2 Å². The van der Waals surface area contributed by atoms with Crippen LogP contribution >= 0.6 is 34.8 Å². The van der Waals surface area contributed by atoms with Gasteiger partial charge in [-0.3, -0.25) is 13.9 Å². The van der Waals surface area contributed by atoms with Crippen LogP contribution in [0.25, 0.3) is 0 Å². The summed E-state index contributed by atoms with van der Waals surface area (Å²) in [6.07, 6.45) is 0.162. The average Bonchev–Trinajstić information content (AvgIpc) is 3.03. The second-order valence-corrected chi connectivity index (χ2v) is 13.1. The van der Waals surface area contributed by atoms with Crippen LogP contribution in [0.2, 0.25) is 15.1 Å². The third-order valence-corrected chi connectivity index (χ3v) is 9.59. The van der Waals surface area contributed by atoms with Crippen molar-refractivity contribution in [2.75, 3.05) is 24.5 Å². The molecule has 4 rings (SSSR count). The fourth-order valence-corrected chi connectivity index (χ4v) is 6.84. The van der Waals surface area contributed by atoms with Crippen LogP contribution in [0.15, 0.2) is 102 Å². The summed E-state index contributed by atoms with van der Waals surface area (Å²) in [7, 11) is -2.94. The minimum absolute atomic E-state index is 0.0447. The third-order valence-electron chi connectivity index (χ3n) is 7.00. The van der Waals surface area contributed by atoms with E-state index >= 15 is 0 Å². The second kappa shape index (κ2) is 15.5. The van der Waals surface area contributed by atoms with Gasteiger partial charge in [0.25, 0.3) is 10.0 Å². The van der Waals surface area contributed by atoms with Gasteiger partial charge in [-0.15, -0.1) is 0 Å². The molecule has 0 saturated carbocycles. The van der Waals surface area contributed by atoms with Gasteiger partial charge in [-0.2, -0.15) is 0 Å². The zero-order chi connectivity index (χ0) is 32.6. The molecule has 0 radical (unpaired) electrons. The Labute approximate surface area is 278 Å². The van der Waals surface area contributed by atoms with Gasteiger partial charge in [0, 0.05) is 34.6 Å². The number of amides is 2. The molecular formula is C33H32Cl3N3O5S. The molecule has 0 unspecified atom stereocenters. The van der Waals surface area contributed by atoms with E-state index in [0.717, 1.165) is 9.87 Å². The van der Waals surface area contributed by atoms with Crippen LogP contribution in [0.5, 0.6) is 5.75 Å². The smallest absolute Gasteiger partial charge is 0.264 e. The molecule has 0 heterocycles. The zero-order valence-corrected chi connectivity index (χ0v) is 27.7. The first-order chi connectivity index (χ1) is 21.5. The van der Waals surface area contributed by atoms with Gasteiger partial charge < -0.3 is 15.0 Å². The van der Waals surface area contributed by atoms with Gasteiger partial charge in [-0.25, -0.2) is 8.42 Å². The highest BCUT2D eigenvalue weighted by atomic mass is 35.5. The van der Waals surface area contributed by atoms with Crippen molar-refractivity contribution < 1.29 is 22.7 Å². The summed E-state index contributed by atoms with van der Waals surface area (Å²) in [5.74, 6) is -0.879. The van der Waals surface area contributed by atoms with Crippen LogP contribution in [-0.2, 0) is 32.6 Å². The maximum Gasteiger partial charge on any atom is 0.264 e. The van der Waals surface area contributed by atoms with E-state index in [2.05, 4.69) is 5.32 Å². The van der Waals surface area contributed by atoms with E-state index in [-0.39, 0.29) is 34.3 Å². The van der Waals surface area contributed by atoms with Gasteiger partial charge in [0.05, 0.1) is 17.7 Å². The topological polar surface area (TPSA) is 96.0 Å². The van der Waals surface area contributed by atoms with Crippen molar-refractivity contribution in [3.05, 3.63) is 123 Å². The molecule has 0 aliphatic rings. The van der Waals surface area contributed by atoms with E-state index < -0.39 is 34.4 Å². The monoisotopic (exact) mass is 687 g/mol. The predicted molar refractivity (Wildman–Crippen MR) is 179 cm³/mol. The van der Waals surface area contributed by atoms with E-state index in [4.69, 9.17) is 39.5 Å². The molecule has 8 nitrogen and oxygen atoms in total. The molecule has 1 atom stereocenters. The Kier molecular flexibility index (Phi) is 11.7. The van der Waals surface area contributed by atoms with Crippen LogP contribution in [0.4, 0.5) is 5.69 Å². The Balaban J connectivity index is 1.86. The fourth-order valence-electron chi connectivity index (χ4n) is 4.77. The predicted octanol–water partition coefficient (Wildman–Crippen LogP) is 6.63. The highest BCUT2D eigenvalue weighted by Gasteiger charge is 2.35. The number of likely N-dealkylation sites (N-methyl/N-ethyl adjacent to an activating group) is 1. The standard InChI is InChI=1S/C33H32Cl3N3O5S/c1-3-37-33(41)30(18-23-10-6-4-7-11-23)38(21-24-14-15-25(34)19-28(24)36)32(40)22-39(29-20-26(35)16-17-31(29)44-2)45(42,43)27-12-8-5-9-13-27/h4-17,19-20,30H,3,18,21-22H2,1-2H3,(H,37,41)/t30-/m1/s1. The molecule has 0 aliphatic carbocycles. The maximum absolute atomic E-state index is 14.5. The Bertz CT molecular complexity index is 1740. The van der Waals surface area contributed by atoms with Crippen LogP contribution in [0.1, 0.15) is 18.1 Å². The first kappa shape index (κ1) is 34.1. The number of nitrogens with zero attached hydrogens (tertiary/aromatic N) is 2. The third kappa shape index (κ3) is 8.49. The molecule has 4 aromatic carbocycles. The molecule has 0 aliphatic heterocycles. The van der Waals surface area contributed by atoms with Gasteiger partial charge in [-0.1, -0.05) is 89.4 Å². The van der Waals surface area contributed by atoms with E-state index in [1.807, 2.05) is 30.3 Å². The van der Waals surface area contributed by atoms with E-state index in [9.17, 15) is 18.0 Å². The Morgan fingerprint density at radius 3 is 2.11 bits per heavy atom. The first-order valence-electron chi connectivity index (χ1n) is 14.0. The van der Waals surface area contributed by atoms with Crippen molar-refractivity contribution in [2.45, 2.75) is 30.8 Å². The number of carbonyl (C=O) groups excluding carboxylic acids is 2. The van der Waals surface area contributed by atoms with E-state index in [1.54, 1.807) is 49.4 Å². The van der Waals surface area contributed by atoms with E-state index in [0.29, 0.717) is 22.2 Å². The molecule has 0 spiro atoms. The molecule has 45 heavy (non-hydrogen) atoms. The maximum atomic E-state index is 14.5. The number of ether oxygens (including phenoxy) is 1. The number of anilines is 1. The van der Waals surface area contributed by atoms with Crippen LogP contribution in [0, 0.1) is 0 Å². The van der Waals surface area contributed by atoms with Crippen molar-refractivity contribution in [2.24, 2.45) is 0 Å². The lowest BCUT2D eigenvalue weighted by molar-refractivity contribution is -0.140. The van der Waals surface area contributed by atoms with Crippen molar-refractivity contribution in [1.29, 1.82) is 0 Å². The van der Waals surface area contributed by atoms with Crippen molar-refractivity contribution in [3.63, 3.8) is 0 Å². The zero-order valence-electron chi connectivity index (χ0n) is 24.6. The molecule has 2 amide bonds. The molecule has 1 N–H and O–H groups in total. The summed E-state index contributed by atoms with van der Waals surface area (Å²) in [4.78, 5) is 29.4. The lowest BCUT2D eigenvalue weighted by atomic mass is 10.0. The number of hydrogen-bond acceptors (Lipinski definition) is 5. The quantitative estimate of drug-likeness (QED) is 0.170. The summed E-state index contributed by atoms with van der Waals surface area (Å²) in [5, 5.41) is 3.75. The Morgan fingerprint density at radius 1 is 0.867 bits per heavy atom. The molecule has 0 aromatic heterocycles.